The van der Waals surface area contributed by atoms with Crippen molar-refractivity contribution in [3.05, 3.63) is 34.9 Å². The molecule has 0 aliphatic rings. The summed E-state index contributed by atoms with van der Waals surface area (Å²) < 4.78 is 0. The van der Waals surface area contributed by atoms with Crippen LogP contribution >= 0.6 is 11.8 Å². The first-order valence-corrected chi connectivity index (χ1v) is 8.59. The third kappa shape index (κ3) is 13.7. The Morgan fingerprint density at radius 3 is 1.95 bits per heavy atom. The second-order valence-corrected chi connectivity index (χ2v) is 6.71. The highest BCUT2D eigenvalue weighted by Gasteiger charge is 1.94. The van der Waals surface area contributed by atoms with Crippen LogP contribution < -0.4 is 0 Å². The molecular weight excluding hydrogens is 264 g/mol. The zero-order valence-corrected chi connectivity index (χ0v) is 14.6. The average molecular weight is 295 g/mol. The molecule has 0 saturated carbocycles. The SMILES string of the molecule is CC(=O)CSCC=C(C)CCC=C(C)CCC=C(C)C. The molecule has 0 radical (unpaired) electrons. The molecule has 0 aromatic rings. The Hall–Kier alpha value is -0.760. The Morgan fingerprint density at radius 1 is 0.850 bits per heavy atom. The number of hydrogen-bond donors (Lipinski definition) is 0. The van der Waals surface area contributed by atoms with Crippen molar-refractivity contribution in [2.75, 3.05) is 11.5 Å². The Kier molecular flexibility index (Phi) is 11.6. The number of ketones is 1. The lowest BCUT2D eigenvalue weighted by molar-refractivity contribution is -0.114. The summed E-state index contributed by atoms with van der Waals surface area (Å²) in [6.07, 6.45) is 11.5. The molecule has 0 saturated heterocycles. The Balaban J connectivity index is 3.82. The molecule has 0 spiro atoms. The van der Waals surface area contributed by atoms with Crippen LogP contribution in [0.3, 0.4) is 0 Å². The summed E-state index contributed by atoms with van der Waals surface area (Å²) in [4.78, 5) is 10.8. The first-order chi connectivity index (χ1) is 9.41. The smallest absolute Gasteiger partial charge is 0.139 e. The van der Waals surface area contributed by atoms with Crippen molar-refractivity contribution in [3.8, 4) is 0 Å². The van der Waals surface area contributed by atoms with Crippen molar-refractivity contribution in [1.29, 1.82) is 0 Å². The summed E-state index contributed by atoms with van der Waals surface area (Å²) >= 11 is 1.70. The summed E-state index contributed by atoms with van der Waals surface area (Å²) in [6.45, 7) is 10.3. The van der Waals surface area contributed by atoms with Gasteiger partial charge in [0, 0.05) is 5.75 Å². The summed E-state index contributed by atoms with van der Waals surface area (Å²) in [5.41, 5.74) is 4.32. The van der Waals surface area contributed by atoms with Gasteiger partial charge < -0.3 is 0 Å². The fraction of sp³-hybridized carbons (Fsp3) is 0.611. The van der Waals surface area contributed by atoms with Gasteiger partial charge >= 0.3 is 0 Å². The van der Waals surface area contributed by atoms with Crippen molar-refractivity contribution < 1.29 is 4.79 Å². The standard InChI is InChI=1S/C18H30OS/c1-15(2)8-6-9-16(3)10-7-11-17(4)12-13-20-14-18(5)19/h8,10,12H,6-7,9,11,13-14H2,1-5H3. The first kappa shape index (κ1) is 19.2. The number of Topliss-reactive ketones (excluding diaryl/α,β-unsaturated/α-hetero) is 1. The van der Waals surface area contributed by atoms with Crippen LogP contribution in [0.1, 0.15) is 60.3 Å². The van der Waals surface area contributed by atoms with Crippen LogP contribution in [0.4, 0.5) is 0 Å². The lowest BCUT2D eigenvalue weighted by Gasteiger charge is -2.01. The van der Waals surface area contributed by atoms with Crippen LogP contribution in [0.2, 0.25) is 0 Å². The molecule has 114 valence electrons. The van der Waals surface area contributed by atoms with Gasteiger partial charge in [0.05, 0.1) is 5.75 Å². The van der Waals surface area contributed by atoms with E-state index in [2.05, 4.69) is 45.9 Å². The maximum Gasteiger partial charge on any atom is 0.139 e. The summed E-state index contributed by atoms with van der Waals surface area (Å²) in [5.74, 6) is 1.85. The van der Waals surface area contributed by atoms with Gasteiger partial charge in [-0.1, -0.05) is 34.9 Å². The molecule has 0 aliphatic carbocycles. The highest BCUT2D eigenvalue weighted by atomic mass is 32.2. The molecule has 0 aliphatic heterocycles. The normalized spacial score (nSPS) is 12.4. The van der Waals surface area contributed by atoms with E-state index < -0.39 is 0 Å². The molecule has 0 aromatic carbocycles. The van der Waals surface area contributed by atoms with Crippen molar-refractivity contribution in [3.63, 3.8) is 0 Å². The van der Waals surface area contributed by atoms with Crippen molar-refractivity contribution >= 4 is 17.5 Å². The minimum atomic E-state index is 0.260. The third-order valence-corrected chi connectivity index (χ3v) is 3.99. The maximum atomic E-state index is 10.8. The molecule has 0 heterocycles. The van der Waals surface area contributed by atoms with Gasteiger partial charge in [-0.05, 0) is 60.3 Å². The second-order valence-electron chi connectivity index (χ2n) is 5.68. The maximum absolute atomic E-state index is 10.8. The number of carbonyl (C=O) groups is 1. The van der Waals surface area contributed by atoms with Crippen molar-refractivity contribution in [1.82, 2.24) is 0 Å². The predicted molar refractivity (Wildman–Crippen MR) is 93.4 cm³/mol. The van der Waals surface area contributed by atoms with E-state index in [9.17, 15) is 4.79 Å². The number of rotatable bonds is 10. The van der Waals surface area contributed by atoms with Gasteiger partial charge in [0.2, 0.25) is 0 Å². The van der Waals surface area contributed by atoms with Crippen molar-refractivity contribution in [2.45, 2.75) is 60.3 Å². The minimum Gasteiger partial charge on any atom is -0.299 e. The van der Waals surface area contributed by atoms with E-state index in [4.69, 9.17) is 0 Å². The molecule has 0 unspecified atom stereocenters. The summed E-state index contributed by atoms with van der Waals surface area (Å²) in [6, 6.07) is 0. The van der Waals surface area contributed by atoms with E-state index in [1.165, 1.54) is 23.1 Å². The van der Waals surface area contributed by atoms with Gasteiger partial charge in [-0.2, -0.15) is 0 Å². The largest absolute Gasteiger partial charge is 0.299 e. The molecule has 0 N–H and O–H groups in total. The lowest BCUT2D eigenvalue weighted by Crippen LogP contribution is -1.93. The fourth-order valence-corrected chi connectivity index (χ4v) is 2.55. The molecular formula is C18H30OS. The summed E-state index contributed by atoms with van der Waals surface area (Å²) in [5, 5.41) is 0. The Bertz CT molecular complexity index is 371. The number of allylic oxidation sites excluding steroid dienone is 5. The zero-order valence-electron chi connectivity index (χ0n) is 13.8. The third-order valence-electron chi connectivity index (χ3n) is 2.98. The van der Waals surface area contributed by atoms with E-state index in [0.29, 0.717) is 5.75 Å². The fourth-order valence-electron chi connectivity index (χ4n) is 1.74. The summed E-state index contributed by atoms with van der Waals surface area (Å²) in [7, 11) is 0. The molecule has 0 rings (SSSR count). The van der Waals surface area contributed by atoms with E-state index in [1.54, 1.807) is 18.7 Å². The Morgan fingerprint density at radius 2 is 1.40 bits per heavy atom. The van der Waals surface area contributed by atoms with E-state index >= 15 is 0 Å². The van der Waals surface area contributed by atoms with Gasteiger partial charge in [0.15, 0.2) is 0 Å². The quantitative estimate of drug-likeness (QED) is 0.378. The molecule has 2 heteroatoms. The Labute approximate surface area is 129 Å². The topological polar surface area (TPSA) is 17.1 Å². The zero-order chi connectivity index (χ0) is 15.4. The van der Waals surface area contributed by atoms with Gasteiger partial charge in [-0.3, -0.25) is 4.79 Å². The van der Waals surface area contributed by atoms with Gasteiger partial charge in [0.25, 0.3) is 0 Å². The highest BCUT2D eigenvalue weighted by molar-refractivity contribution is 8.00. The van der Waals surface area contributed by atoms with Crippen LogP contribution in [0.15, 0.2) is 34.9 Å². The molecule has 1 nitrogen and oxygen atoms in total. The minimum absolute atomic E-state index is 0.260. The van der Waals surface area contributed by atoms with E-state index in [1.807, 2.05) is 0 Å². The number of hydrogen-bond acceptors (Lipinski definition) is 2. The monoisotopic (exact) mass is 294 g/mol. The van der Waals surface area contributed by atoms with Crippen LogP contribution in [-0.2, 0) is 4.79 Å². The molecule has 0 fully saturated rings. The van der Waals surface area contributed by atoms with Gasteiger partial charge in [-0.15, -0.1) is 11.8 Å². The number of carbonyl (C=O) groups excluding carboxylic acids is 1. The lowest BCUT2D eigenvalue weighted by atomic mass is 10.1. The van der Waals surface area contributed by atoms with E-state index in [0.717, 1.165) is 25.0 Å². The van der Waals surface area contributed by atoms with Gasteiger partial charge in [-0.25, -0.2) is 0 Å². The highest BCUT2D eigenvalue weighted by Crippen LogP contribution is 2.12. The van der Waals surface area contributed by atoms with Crippen LogP contribution in [0, 0.1) is 0 Å². The van der Waals surface area contributed by atoms with E-state index in [-0.39, 0.29) is 5.78 Å². The predicted octanol–water partition coefficient (Wildman–Crippen LogP) is 5.73. The molecule has 20 heavy (non-hydrogen) atoms. The average Bonchev–Trinajstić information content (AvgIpc) is 2.34. The number of thioether (sulfide) groups is 1. The van der Waals surface area contributed by atoms with Crippen LogP contribution in [-0.4, -0.2) is 17.3 Å². The molecule has 0 bridgehead atoms. The first-order valence-electron chi connectivity index (χ1n) is 7.43. The molecule has 0 amide bonds. The second kappa shape index (κ2) is 12.0. The van der Waals surface area contributed by atoms with Gasteiger partial charge in [0.1, 0.15) is 5.78 Å². The van der Waals surface area contributed by atoms with Crippen LogP contribution in [0.25, 0.3) is 0 Å². The van der Waals surface area contributed by atoms with Crippen molar-refractivity contribution in [2.24, 2.45) is 0 Å². The van der Waals surface area contributed by atoms with Crippen LogP contribution in [0.5, 0.6) is 0 Å². The molecule has 0 aromatic heterocycles. The molecule has 0 atom stereocenters.